The summed E-state index contributed by atoms with van der Waals surface area (Å²) in [5.41, 5.74) is -0.120. The van der Waals surface area contributed by atoms with Crippen LogP contribution in [0.3, 0.4) is 0 Å². The van der Waals surface area contributed by atoms with Crippen LogP contribution in [0.25, 0.3) is 0 Å². The predicted octanol–water partition coefficient (Wildman–Crippen LogP) is 2.22. The first-order chi connectivity index (χ1) is 8.18. The van der Waals surface area contributed by atoms with E-state index >= 15 is 0 Å². The number of benzene rings is 1. The fourth-order valence-electron chi connectivity index (χ4n) is 2.13. The van der Waals surface area contributed by atoms with Crippen LogP contribution in [0.15, 0.2) is 18.2 Å². The van der Waals surface area contributed by atoms with Gasteiger partial charge in [0.15, 0.2) is 5.78 Å². The smallest absolute Gasteiger partial charge is 0.154 e. The Morgan fingerprint density at radius 1 is 1.29 bits per heavy atom. The van der Waals surface area contributed by atoms with Crippen LogP contribution in [0.4, 0.5) is 8.78 Å². The average molecular weight is 239 g/mol. The summed E-state index contributed by atoms with van der Waals surface area (Å²) in [7, 11) is 0. The van der Waals surface area contributed by atoms with Crippen molar-refractivity contribution in [2.45, 2.75) is 31.7 Å². The normalized spacial score (nSPS) is 20.2. The summed E-state index contributed by atoms with van der Waals surface area (Å²) in [6, 6.07) is 3.42. The molecule has 17 heavy (non-hydrogen) atoms. The van der Waals surface area contributed by atoms with E-state index in [1.165, 1.54) is 18.2 Å². The molecular weight excluding hydrogens is 224 g/mol. The molecule has 0 amide bonds. The molecule has 4 heteroatoms. The molecule has 0 radical (unpaired) electrons. The van der Waals surface area contributed by atoms with Gasteiger partial charge in [0.1, 0.15) is 11.6 Å². The largest absolute Gasteiger partial charge is 0.307 e. The van der Waals surface area contributed by atoms with Gasteiger partial charge >= 0.3 is 0 Å². The van der Waals surface area contributed by atoms with Crippen molar-refractivity contribution in [1.82, 2.24) is 5.32 Å². The Morgan fingerprint density at radius 3 is 2.59 bits per heavy atom. The van der Waals surface area contributed by atoms with Gasteiger partial charge in [-0.3, -0.25) is 4.79 Å². The van der Waals surface area contributed by atoms with Crippen molar-refractivity contribution in [3.05, 3.63) is 35.4 Å². The number of hydrogen-bond acceptors (Lipinski definition) is 2. The summed E-state index contributed by atoms with van der Waals surface area (Å²) < 4.78 is 26.7. The van der Waals surface area contributed by atoms with E-state index in [0.717, 1.165) is 25.8 Å². The van der Waals surface area contributed by atoms with E-state index in [4.69, 9.17) is 0 Å². The van der Waals surface area contributed by atoms with E-state index in [1.807, 2.05) is 0 Å². The van der Waals surface area contributed by atoms with E-state index in [-0.39, 0.29) is 23.8 Å². The van der Waals surface area contributed by atoms with Crippen LogP contribution in [-0.2, 0) is 11.2 Å². The highest BCUT2D eigenvalue weighted by atomic mass is 19.1. The lowest BCUT2D eigenvalue weighted by Gasteiger charge is -2.22. The molecule has 92 valence electrons. The second kappa shape index (κ2) is 5.36. The van der Waals surface area contributed by atoms with E-state index < -0.39 is 11.6 Å². The van der Waals surface area contributed by atoms with Crippen LogP contribution < -0.4 is 5.32 Å². The Balaban J connectivity index is 2.07. The number of nitrogens with one attached hydrogen (secondary N) is 1. The highest BCUT2D eigenvalue weighted by Gasteiger charge is 2.22. The van der Waals surface area contributed by atoms with E-state index in [2.05, 4.69) is 5.32 Å². The zero-order chi connectivity index (χ0) is 12.3. The first-order valence-electron chi connectivity index (χ1n) is 5.87. The molecule has 0 saturated carbocycles. The van der Waals surface area contributed by atoms with Crippen molar-refractivity contribution in [3.8, 4) is 0 Å². The van der Waals surface area contributed by atoms with E-state index in [0.29, 0.717) is 0 Å². The maximum Gasteiger partial charge on any atom is 0.154 e. The van der Waals surface area contributed by atoms with Crippen LogP contribution in [0.1, 0.15) is 24.8 Å². The van der Waals surface area contributed by atoms with Gasteiger partial charge in [-0.1, -0.05) is 12.5 Å². The monoisotopic (exact) mass is 239 g/mol. The molecule has 2 rings (SSSR count). The van der Waals surface area contributed by atoms with Gasteiger partial charge < -0.3 is 5.32 Å². The van der Waals surface area contributed by atoms with E-state index in [9.17, 15) is 13.6 Å². The number of carbonyl (C=O) groups is 1. The standard InChI is InChI=1S/C13H15F2NO/c14-10-4-3-5-11(15)9(10)8-13(17)12-6-1-2-7-16-12/h3-5,12,16H,1-2,6-8H2. The number of hydrogen-bond donors (Lipinski definition) is 1. The van der Waals surface area contributed by atoms with Gasteiger partial charge in [0.2, 0.25) is 0 Å². The molecule has 0 aliphatic carbocycles. The first kappa shape index (κ1) is 12.2. The van der Waals surface area contributed by atoms with Crippen molar-refractivity contribution in [2.75, 3.05) is 6.54 Å². The SMILES string of the molecule is O=C(Cc1c(F)cccc1F)C1CCCCN1. The Labute approximate surface area is 99.0 Å². The van der Waals surface area contributed by atoms with Gasteiger partial charge in [0.05, 0.1) is 6.04 Å². The summed E-state index contributed by atoms with van der Waals surface area (Å²) in [5.74, 6) is -1.42. The van der Waals surface area contributed by atoms with Crippen LogP contribution in [0, 0.1) is 11.6 Å². The van der Waals surface area contributed by atoms with Gasteiger partial charge in [-0.2, -0.15) is 0 Å². The molecule has 1 aromatic rings. The van der Waals surface area contributed by atoms with Gasteiger partial charge in [-0.25, -0.2) is 8.78 Å². The van der Waals surface area contributed by atoms with Gasteiger partial charge in [0.25, 0.3) is 0 Å². The van der Waals surface area contributed by atoms with Gasteiger partial charge in [-0.15, -0.1) is 0 Å². The topological polar surface area (TPSA) is 29.1 Å². The molecule has 1 aliphatic heterocycles. The van der Waals surface area contributed by atoms with Crippen molar-refractivity contribution in [3.63, 3.8) is 0 Å². The lowest BCUT2D eigenvalue weighted by molar-refractivity contribution is -0.121. The molecule has 1 atom stereocenters. The Morgan fingerprint density at radius 2 is 2.00 bits per heavy atom. The second-order valence-electron chi connectivity index (χ2n) is 4.35. The van der Waals surface area contributed by atoms with Crippen molar-refractivity contribution in [2.24, 2.45) is 0 Å². The number of ketones is 1. The number of carbonyl (C=O) groups excluding carboxylic acids is 1. The number of Topliss-reactive ketones (excluding diaryl/α,β-unsaturated/α-hetero) is 1. The highest BCUT2D eigenvalue weighted by molar-refractivity contribution is 5.86. The summed E-state index contributed by atoms with van der Waals surface area (Å²) >= 11 is 0. The molecule has 1 aromatic carbocycles. The minimum Gasteiger partial charge on any atom is -0.307 e. The molecule has 1 unspecified atom stereocenters. The summed E-state index contributed by atoms with van der Waals surface area (Å²) in [5, 5.41) is 3.08. The zero-order valence-corrected chi connectivity index (χ0v) is 9.51. The van der Waals surface area contributed by atoms with Gasteiger partial charge in [0, 0.05) is 12.0 Å². The molecule has 2 nitrogen and oxygen atoms in total. The minimum absolute atomic E-state index is 0.120. The van der Waals surface area contributed by atoms with Gasteiger partial charge in [-0.05, 0) is 31.5 Å². The average Bonchev–Trinajstić information content (AvgIpc) is 2.35. The second-order valence-corrected chi connectivity index (χ2v) is 4.35. The summed E-state index contributed by atoms with van der Waals surface area (Å²) in [6.07, 6.45) is 2.63. The lowest BCUT2D eigenvalue weighted by atomic mass is 9.96. The lowest BCUT2D eigenvalue weighted by Crippen LogP contribution is -2.41. The summed E-state index contributed by atoms with van der Waals surface area (Å²) in [4.78, 5) is 11.9. The zero-order valence-electron chi connectivity index (χ0n) is 9.51. The number of halogens is 2. The van der Waals surface area contributed by atoms with E-state index in [1.54, 1.807) is 0 Å². The van der Waals surface area contributed by atoms with Crippen LogP contribution in [0.5, 0.6) is 0 Å². The minimum atomic E-state index is -0.644. The van der Waals surface area contributed by atoms with Crippen molar-refractivity contribution < 1.29 is 13.6 Å². The molecule has 1 aliphatic rings. The third kappa shape index (κ3) is 2.88. The Bertz CT molecular complexity index is 394. The number of rotatable bonds is 3. The molecule has 0 bridgehead atoms. The van der Waals surface area contributed by atoms with Crippen LogP contribution >= 0.6 is 0 Å². The Kier molecular flexibility index (Phi) is 3.84. The predicted molar refractivity (Wildman–Crippen MR) is 60.7 cm³/mol. The quantitative estimate of drug-likeness (QED) is 0.876. The first-order valence-corrected chi connectivity index (χ1v) is 5.87. The fourth-order valence-corrected chi connectivity index (χ4v) is 2.13. The molecule has 0 aromatic heterocycles. The maximum absolute atomic E-state index is 13.4. The number of piperidine rings is 1. The molecular formula is C13H15F2NO. The van der Waals surface area contributed by atoms with Crippen LogP contribution in [-0.4, -0.2) is 18.4 Å². The molecule has 1 saturated heterocycles. The highest BCUT2D eigenvalue weighted by Crippen LogP contribution is 2.16. The van der Waals surface area contributed by atoms with Crippen molar-refractivity contribution >= 4 is 5.78 Å². The molecule has 1 N–H and O–H groups in total. The Hall–Kier alpha value is -1.29. The fraction of sp³-hybridized carbons (Fsp3) is 0.462. The molecule has 1 fully saturated rings. The third-order valence-corrected chi connectivity index (χ3v) is 3.11. The third-order valence-electron chi connectivity index (χ3n) is 3.11. The van der Waals surface area contributed by atoms with Crippen LogP contribution in [0.2, 0.25) is 0 Å². The van der Waals surface area contributed by atoms with Crippen molar-refractivity contribution in [1.29, 1.82) is 0 Å². The molecule has 0 spiro atoms. The molecule has 1 heterocycles. The maximum atomic E-state index is 13.4. The summed E-state index contributed by atoms with van der Waals surface area (Å²) in [6.45, 7) is 0.802.